The third-order valence-electron chi connectivity index (χ3n) is 6.23. The molecule has 0 bridgehead atoms. The predicted octanol–water partition coefficient (Wildman–Crippen LogP) is 5.93. The van der Waals surface area contributed by atoms with Crippen molar-refractivity contribution in [3.63, 3.8) is 0 Å². The van der Waals surface area contributed by atoms with Gasteiger partial charge in [0.25, 0.3) is 0 Å². The molecule has 3 saturated carbocycles. The molecule has 3 rings (SSSR count). The summed E-state index contributed by atoms with van der Waals surface area (Å²) in [5.41, 5.74) is 2.63. The zero-order chi connectivity index (χ0) is 13.8. The van der Waals surface area contributed by atoms with Crippen LogP contribution in [0.5, 0.6) is 0 Å². The minimum atomic E-state index is -1.80. The zero-order valence-corrected chi connectivity index (χ0v) is 13.8. The number of hydrogen-bond donors (Lipinski definition) is 0. The monoisotopic (exact) mass is 283 g/mol. The molecule has 0 heterocycles. The first-order chi connectivity index (χ1) is 9.82. The van der Waals surface area contributed by atoms with Crippen molar-refractivity contribution in [2.75, 3.05) is 0 Å². The summed E-state index contributed by atoms with van der Waals surface area (Å²) >= 11 is 0. The van der Waals surface area contributed by atoms with Gasteiger partial charge in [-0.1, -0.05) is 0 Å². The minimum absolute atomic E-state index is 0.877. The third kappa shape index (κ3) is 3.75. The van der Waals surface area contributed by atoms with Crippen molar-refractivity contribution in [2.24, 2.45) is 0 Å². The first-order valence-corrected chi connectivity index (χ1v) is 11.0. The van der Waals surface area contributed by atoms with Crippen LogP contribution >= 0.6 is 7.87 Å². The molecule has 0 unspecified atom stereocenters. The van der Waals surface area contributed by atoms with Gasteiger partial charge >= 0.3 is 122 Å². The van der Waals surface area contributed by atoms with Crippen molar-refractivity contribution in [1.82, 2.24) is 0 Å². The molecule has 1 heteroatoms. The van der Waals surface area contributed by atoms with Crippen LogP contribution in [-0.4, -0.2) is 18.3 Å². The summed E-state index contributed by atoms with van der Waals surface area (Å²) in [5.74, 6) is 0. The molecule has 3 fully saturated rings. The van der Waals surface area contributed by atoms with Gasteiger partial charge in [0.1, 0.15) is 0 Å². The van der Waals surface area contributed by atoms with Gasteiger partial charge in [0.2, 0.25) is 0 Å². The van der Waals surface area contributed by atoms with E-state index in [9.17, 15) is 1.28 Å². The molecule has 0 aliphatic heterocycles. The van der Waals surface area contributed by atoms with E-state index in [4.69, 9.17) is 0 Å². The molecule has 0 radical (unpaired) electrons. The summed E-state index contributed by atoms with van der Waals surface area (Å²) in [7, 11) is -1.80. The maximum absolute atomic E-state index is 9.74. The molecule has 0 nitrogen and oxygen atoms in total. The molecule has 19 heavy (non-hydrogen) atoms. The van der Waals surface area contributed by atoms with Gasteiger partial charge in [-0.2, -0.15) is 0 Å². The summed E-state index contributed by atoms with van der Waals surface area (Å²) in [5, 5.41) is 0. The zero-order valence-electron chi connectivity index (χ0n) is 13.8. The van der Waals surface area contributed by atoms with Crippen LogP contribution in [0.15, 0.2) is 0 Å². The van der Waals surface area contributed by atoms with E-state index in [0.29, 0.717) is 0 Å². The van der Waals surface area contributed by atoms with E-state index in [-0.39, 0.29) is 0 Å². The van der Waals surface area contributed by atoms with Crippen LogP contribution in [0.4, 0.5) is 0 Å². The van der Waals surface area contributed by atoms with E-state index in [1.54, 1.807) is 0 Å². The van der Waals surface area contributed by atoms with Gasteiger partial charge in [0, 0.05) is 0 Å². The predicted molar refractivity (Wildman–Crippen MR) is 90.3 cm³/mol. The standard InChI is InChI=1S/C18H35P/c1-4-10-16(11-5-1)19(17-12-6-2-7-13-17)18-14-8-3-9-15-18/h16-18H,1-15,19H2/i19D. The van der Waals surface area contributed by atoms with E-state index in [2.05, 4.69) is 0 Å². The molecule has 112 valence electrons. The fraction of sp³-hybridized carbons (Fsp3) is 1.00. The molecule has 0 N–H and O–H groups in total. The van der Waals surface area contributed by atoms with E-state index in [1.165, 1.54) is 96.3 Å². The molecule has 0 aromatic heterocycles. The molecular formula is C18H35P. The second-order valence-corrected chi connectivity index (χ2v) is 11.0. The summed E-state index contributed by atoms with van der Waals surface area (Å²) in [6.07, 6.45) is 21.6. The van der Waals surface area contributed by atoms with Crippen molar-refractivity contribution in [3.8, 4) is 0 Å². The van der Waals surface area contributed by atoms with Gasteiger partial charge in [-0.25, -0.2) is 0 Å². The van der Waals surface area contributed by atoms with Gasteiger partial charge < -0.3 is 0 Å². The van der Waals surface area contributed by atoms with Crippen LogP contribution in [0.2, 0.25) is 0 Å². The van der Waals surface area contributed by atoms with E-state index in [0.717, 1.165) is 17.0 Å². The third-order valence-corrected chi connectivity index (χ3v) is 10.8. The fourth-order valence-electron chi connectivity index (χ4n) is 5.31. The van der Waals surface area contributed by atoms with Crippen molar-refractivity contribution in [2.45, 2.75) is 113 Å². The van der Waals surface area contributed by atoms with Gasteiger partial charge in [-0.3, -0.25) is 0 Å². The number of hydrogen-bond acceptors (Lipinski definition) is 0. The molecule has 0 aromatic carbocycles. The average Bonchev–Trinajstić information content (AvgIpc) is 2.56. The van der Waals surface area contributed by atoms with E-state index < -0.39 is 7.87 Å². The van der Waals surface area contributed by atoms with Crippen LogP contribution in [0.1, 0.15) is 96.3 Å². The first kappa shape index (κ1) is 13.1. The normalized spacial score (nSPS) is 31.1. The summed E-state index contributed by atoms with van der Waals surface area (Å²) < 4.78 is 9.74. The second kappa shape index (κ2) is 7.44. The first-order valence-electron chi connectivity index (χ1n) is 9.82. The molecule has 3 aliphatic carbocycles. The summed E-state index contributed by atoms with van der Waals surface area (Å²) in [4.78, 5) is 0. The summed E-state index contributed by atoms with van der Waals surface area (Å²) in [6, 6.07) is 0. The Morgan fingerprint density at radius 3 is 1.00 bits per heavy atom. The fourth-order valence-corrected chi connectivity index (χ4v) is 10.5. The Morgan fingerprint density at radius 2 is 0.737 bits per heavy atom. The van der Waals surface area contributed by atoms with Crippen molar-refractivity contribution in [1.29, 1.82) is 1.28 Å². The van der Waals surface area contributed by atoms with Crippen LogP contribution < -0.4 is 0 Å². The summed E-state index contributed by atoms with van der Waals surface area (Å²) in [6.45, 7) is 0. The van der Waals surface area contributed by atoms with E-state index >= 15 is 0 Å². The molecule has 0 aromatic rings. The van der Waals surface area contributed by atoms with Crippen LogP contribution in [-0.2, 0) is 0 Å². The van der Waals surface area contributed by atoms with Gasteiger partial charge in [0.15, 0.2) is 0 Å². The van der Waals surface area contributed by atoms with Crippen LogP contribution in [0.3, 0.4) is 0 Å². The van der Waals surface area contributed by atoms with Gasteiger partial charge in [0.05, 0.1) is 0 Å². The molecule has 3 aliphatic rings. The Bertz CT molecular complexity index is 240. The van der Waals surface area contributed by atoms with Crippen molar-refractivity contribution >= 4 is 7.87 Å². The molecule has 0 atom stereocenters. The quantitative estimate of drug-likeness (QED) is 0.563. The van der Waals surface area contributed by atoms with Crippen LogP contribution in [0, 0.1) is 0 Å². The topological polar surface area (TPSA) is 0 Å². The Hall–Kier alpha value is 0.430. The van der Waals surface area contributed by atoms with Crippen molar-refractivity contribution < 1.29 is 0 Å². The Morgan fingerprint density at radius 1 is 0.474 bits per heavy atom. The average molecular weight is 283 g/mol. The Balaban J connectivity index is 1.79. The maximum atomic E-state index is 9.74. The van der Waals surface area contributed by atoms with E-state index in [1.807, 2.05) is 0 Å². The van der Waals surface area contributed by atoms with Gasteiger partial charge in [-0.15, -0.1) is 0 Å². The Labute approximate surface area is 123 Å². The number of rotatable bonds is 3. The Kier molecular flexibility index (Phi) is 5.14. The van der Waals surface area contributed by atoms with Crippen LogP contribution in [0.25, 0.3) is 0 Å². The molecule has 0 saturated heterocycles. The molecule has 0 spiro atoms. The molecular weight excluding hydrogens is 247 g/mol. The second-order valence-electron chi connectivity index (χ2n) is 7.50. The molecule has 0 amide bonds. The van der Waals surface area contributed by atoms with Crippen molar-refractivity contribution in [3.05, 3.63) is 0 Å². The SMILES string of the molecule is [2H][PH](C1CCCCC1)(C1CCCCC1)C1CCCCC1. The van der Waals surface area contributed by atoms with Gasteiger partial charge in [-0.05, 0) is 0 Å².